The van der Waals surface area contributed by atoms with Gasteiger partial charge >= 0.3 is 5.69 Å². The zero-order valence-corrected chi connectivity index (χ0v) is 12.3. The molecule has 0 bridgehead atoms. The molecule has 0 aliphatic heterocycles. The number of tetrazole rings is 1. The van der Waals surface area contributed by atoms with Crippen LogP contribution in [-0.2, 0) is 18.5 Å². The minimum atomic E-state index is -0.302. The summed E-state index contributed by atoms with van der Waals surface area (Å²) in [5, 5.41) is 11.3. The lowest BCUT2D eigenvalue weighted by atomic mass is 10.2. The second-order valence-electron chi connectivity index (χ2n) is 3.89. The molecule has 1 aromatic carbocycles. The number of aromatic nitrogens is 4. The van der Waals surface area contributed by atoms with E-state index in [4.69, 9.17) is 4.84 Å². The zero-order chi connectivity index (χ0) is 14.5. The van der Waals surface area contributed by atoms with Crippen molar-refractivity contribution in [2.45, 2.75) is 18.4 Å². The number of hydrogen-bond donors (Lipinski definition) is 0. The van der Waals surface area contributed by atoms with Gasteiger partial charge in [-0.25, -0.2) is 4.79 Å². The fraction of sp³-hybridized carbons (Fsp3) is 0.333. The molecule has 0 unspecified atom stereocenters. The monoisotopic (exact) mass is 293 g/mol. The topological polar surface area (TPSA) is 74.3 Å². The molecule has 106 valence electrons. The third-order valence-corrected chi connectivity index (χ3v) is 3.49. The van der Waals surface area contributed by atoms with E-state index in [-0.39, 0.29) is 12.3 Å². The lowest BCUT2D eigenvalue weighted by Gasteiger charge is -2.11. The maximum Gasteiger partial charge on any atom is 0.368 e. The van der Waals surface area contributed by atoms with Gasteiger partial charge in [-0.05, 0) is 35.7 Å². The van der Waals surface area contributed by atoms with Gasteiger partial charge in [-0.3, -0.25) is 0 Å². The van der Waals surface area contributed by atoms with Crippen LogP contribution in [0, 0.1) is 0 Å². The van der Waals surface area contributed by atoms with Crippen LogP contribution in [0.25, 0.3) is 5.69 Å². The highest BCUT2D eigenvalue weighted by molar-refractivity contribution is 7.98. The highest BCUT2D eigenvalue weighted by atomic mass is 32.2. The highest BCUT2D eigenvalue weighted by Crippen LogP contribution is 2.26. The predicted molar refractivity (Wildman–Crippen MR) is 77.3 cm³/mol. The molecule has 20 heavy (non-hydrogen) atoms. The molecule has 1 aromatic heterocycles. The molecule has 0 atom stereocenters. The van der Waals surface area contributed by atoms with Crippen LogP contribution < -0.4 is 5.69 Å². The molecule has 0 spiro atoms. The number of nitrogens with zero attached hydrogens (tertiary/aromatic N) is 5. The van der Waals surface area contributed by atoms with Gasteiger partial charge in [0.15, 0.2) is 0 Å². The first-order valence-corrected chi connectivity index (χ1v) is 7.16. The maximum absolute atomic E-state index is 12.0. The second-order valence-corrected chi connectivity index (χ2v) is 4.74. The van der Waals surface area contributed by atoms with Crippen LogP contribution in [0.15, 0.2) is 33.0 Å². The Balaban J connectivity index is 2.51. The third-order valence-electron chi connectivity index (χ3n) is 2.67. The Hall–Kier alpha value is -2.09. The van der Waals surface area contributed by atoms with Crippen LogP contribution in [0.1, 0.15) is 12.5 Å². The highest BCUT2D eigenvalue weighted by Gasteiger charge is 2.14. The van der Waals surface area contributed by atoms with Crippen molar-refractivity contribution in [3.63, 3.8) is 0 Å². The molecule has 0 aliphatic rings. The van der Waals surface area contributed by atoms with Gasteiger partial charge in [0, 0.05) is 23.7 Å². The van der Waals surface area contributed by atoms with Gasteiger partial charge in [0.1, 0.15) is 6.61 Å². The zero-order valence-electron chi connectivity index (χ0n) is 11.5. The van der Waals surface area contributed by atoms with Crippen molar-refractivity contribution in [3.05, 3.63) is 34.2 Å². The van der Waals surface area contributed by atoms with E-state index < -0.39 is 0 Å². The summed E-state index contributed by atoms with van der Waals surface area (Å²) < 4.78 is 2.44. The van der Waals surface area contributed by atoms with Gasteiger partial charge in [-0.1, -0.05) is 11.2 Å². The van der Waals surface area contributed by atoms with Crippen molar-refractivity contribution in [1.29, 1.82) is 0 Å². The molecule has 0 saturated heterocycles. The number of aryl methyl sites for hydroxylation is 1. The number of benzene rings is 1. The van der Waals surface area contributed by atoms with Crippen LogP contribution in [-0.4, -0.2) is 32.3 Å². The molecule has 2 rings (SSSR count). The maximum atomic E-state index is 12.0. The number of hydrogen-bond acceptors (Lipinski definition) is 6. The van der Waals surface area contributed by atoms with Gasteiger partial charge < -0.3 is 4.84 Å². The van der Waals surface area contributed by atoms with E-state index in [2.05, 4.69) is 15.6 Å². The molecule has 0 aliphatic carbocycles. The molecule has 0 radical (unpaired) electrons. The summed E-state index contributed by atoms with van der Waals surface area (Å²) in [5.41, 5.74) is 1.21. The first-order chi connectivity index (χ1) is 9.69. The average molecular weight is 293 g/mol. The van der Waals surface area contributed by atoms with Crippen LogP contribution in [0.3, 0.4) is 0 Å². The molecule has 7 nitrogen and oxygen atoms in total. The first-order valence-electron chi connectivity index (χ1n) is 5.94. The fourth-order valence-corrected chi connectivity index (χ4v) is 2.35. The quantitative estimate of drug-likeness (QED) is 0.470. The lowest BCUT2D eigenvalue weighted by Crippen LogP contribution is -2.23. The van der Waals surface area contributed by atoms with Gasteiger partial charge in [0.25, 0.3) is 0 Å². The third kappa shape index (κ3) is 2.74. The molecule has 2 aromatic rings. The molecular formula is C12H15N5O2S. The molecule has 0 saturated carbocycles. The van der Waals surface area contributed by atoms with Crippen LogP contribution >= 0.6 is 11.8 Å². The number of thioether (sulfide) groups is 1. The summed E-state index contributed by atoms with van der Waals surface area (Å²) in [5.74, 6) is 0. The molecule has 0 amide bonds. The minimum absolute atomic E-state index is 0.264. The summed E-state index contributed by atoms with van der Waals surface area (Å²) in [4.78, 5) is 18.2. The van der Waals surface area contributed by atoms with Crippen LogP contribution in [0.4, 0.5) is 0 Å². The first kappa shape index (κ1) is 14.3. The average Bonchev–Trinajstić information content (AvgIpc) is 2.79. The fourth-order valence-electron chi connectivity index (χ4n) is 1.73. The van der Waals surface area contributed by atoms with E-state index in [1.54, 1.807) is 31.9 Å². The van der Waals surface area contributed by atoms with E-state index in [0.29, 0.717) is 5.69 Å². The van der Waals surface area contributed by atoms with Gasteiger partial charge in [0.05, 0.1) is 5.69 Å². The van der Waals surface area contributed by atoms with Crippen LogP contribution in [0.2, 0.25) is 0 Å². The van der Waals surface area contributed by atoms with Crippen molar-refractivity contribution < 1.29 is 4.84 Å². The van der Waals surface area contributed by atoms with E-state index in [1.807, 2.05) is 24.5 Å². The number of rotatable bonds is 5. The second kappa shape index (κ2) is 6.38. The summed E-state index contributed by atoms with van der Waals surface area (Å²) in [6.45, 7) is 2.04. The van der Waals surface area contributed by atoms with E-state index >= 15 is 0 Å². The largest absolute Gasteiger partial charge is 0.391 e. The normalized spacial score (nSPS) is 11.2. The number of oxime groups is 1. The van der Waals surface area contributed by atoms with Crippen molar-refractivity contribution >= 4 is 18.0 Å². The van der Waals surface area contributed by atoms with E-state index in [1.165, 1.54) is 9.36 Å². The Labute approximate surface area is 120 Å². The molecular weight excluding hydrogens is 278 g/mol. The van der Waals surface area contributed by atoms with E-state index in [9.17, 15) is 4.79 Å². The van der Waals surface area contributed by atoms with Crippen LogP contribution in [0.5, 0.6) is 0 Å². The van der Waals surface area contributed by atoms with Crippen molar-refractivity contribution in [2.24, 2.45) is 12.2 Å². The lowest BCUT2D eigenvalue weighted by molar-refractivity contribution is 0.130. The standard InChI is InChI=1S/C12H15N5O2S/c1-4-13-19-8-9-10(6-5-7-11(9)20-3)17-12(18)16(2)14-15-17/h4-7H,8H2,1-3H3. The van der Waals surface area contributed by atoms with Crippen molar-refractivity contribution in [2.75, 3.05) is 6.26 Å². The van der Waals surface area contributed by atoms with E-state index in [0.717, 1.165) is 10.5 Å². The Morgan fingerprint density at radius 2 is 2.25 bits per heavy atom. The Morgan fingerprint density at radius 3 is 2.85 bits per heavy atom. The van der Waals surface area contributed by atoms with Crippen molar-refractivity contribution in [1.82, 2.24) is 19.8 Å². The van der Waals surface area contributed by atoms with Gasteiger partial charge in [-0.2, -0.15) is 9.36 Å². The summed E-state index contributed by atoms with van der Waals surface area (Å²) in [6, 6.07) is 5.64. The van der Waals surface area contributed by atoms with Crippen molar-refractivity contribution in [3.8, 4) is 5.69 Å². The molecule has 0 fully saturated rings. The smallest absolute Gasteiger partial charge is 0.368 e. The molecule has 1 heterocycles. The Kier molecular flexibility index (Phi) is 4.57. The molecule has 8 heteroatoms. The summed E-state index contributed by atoms with van der Waals surface area (Å²) in [6.07, 6.45) is 3.53. The summed E-state index contributed by atoms with van der Waals surface area (Å²) >= 11 is 1.57. The predicted octanol–water partition coefficient (Wildman–Crippen LogP) is 1.21. The van der Waals surface area contributed by atoms with Gasteiger partial charge in [-0.15, -0.1) is 11.8 Å². The summed E-state index contributed by atoms with van der Waals surface area (Å²) in [7, 11) is 1.56. The SMILES string of the molecule is CC=NOCc1c(SC)cccc1-n1nnn(C)c1=O. The van der Waals surface area contributed by atoms with Gasteiger partial charge in [0.2, 0.25) is 0 Å². The Bertz CT molecular complexity index is 677. The molecule has 0 N–H and O–H groups in total. The minimum Gasteiger partial charge on any atom is -0.391 e. The Morgan fingerprint density at radius 1 is 1.45 bits per heavy atom.